The minimum Gasteiger partial charge on any atom is -0.0705 e. The zero-order valence-electron chi connectivity index (χ0n) is 23.9. The lowest BCUT2D eigenvalue weighted by Gasteiger charge is -2.27. The van der Waals surface area contributed by atoms with Gasteiger partial charge in [-0.3, -0.25) is 0 Å². The Hall–Kier alpha value is -2.38. The first-order chi connectivity index (χ1) is 16.9. The molecule has 5 rings (SSSR count). The highest BCUT2D eigenvalue weighted by Gasteiger charge is 2.36. The van der Waals surface area contributed by atoms with Crippen LogP contribution in [0.3, 0.4) is 0 Å². The standard InChI is InChI=1S/C35H43Si/c1-22-21-29-30(23-13-17-25(18-14-23)34(2,3)4)27-11-10-12-28(27)31(32(29)33(22)36(8)9)24-15-19-26(20-16-24)35(5,6)7/h13-21,33H,10-12H2,1-9H3. The maximum atomic E-state index is 2.55. The van der Waals surface area contributed by atoms with Gasteiger partial charge in [-0.15, -0.1) is 0 Å². The molecular formula is C35H43Si. The summed E-state index contributed by atoms with van der Waals surface area (Å²) in [4.78, 5) is 0. The molecule has 0 amide bonds. The Bertz CT molecular complexity index is 1320. The molecular weight excluding hydrogens is 448 g/mol. The van der Waals surface area contributed by atoms with Crippen LogP contribution in [-0.4, -0.2) is 8.80 Å². The molecule has 36 heavy (non-hydrogen) atoms. The predicted molar refractivity (Wildman–Crippen MR) is 161 cm³/mol. The highest BCUT2D eigenvalue weighted by atomic mass is 28.3. The van der Waals surface area contributed by atoms with Crippen molar-refractivity contribution in [2.24, 2.45) is 0 Å². The second-order valence-electron chi connectivity index (χ2n) is 13.4. The zero-order chi connectivity index (χ0) is 26.0. The summed E-state index contributed by atoms with van der Waals surface area (Å²) >= 11 is 0. The van der Waals surface area contributed by atoms with E-state index in [1.54, 1.807) is 27.8 Å². The molecule has 0 spiro atoms. The van der Waals surface area contributed by atoms with Crippen LogP contribution < -0.4 is 0 Å². The van der Waals surface area contributed by atoms with Gasteiger partial charge < -0.3 is 0 Å². The van der Waals surface area contributed by atoms with Gasteiger partial charge >= 0.3 is 0 Å². The lowest BCUT2D eigenvalue weighted by Crippen LogP contribution is -2.17. The fourth-order valence-corrected chi connectivity index (χ4v) is 8.43. The van der Waals surface area contributed by atoms with Gasteiger partial charge in [0, 0.05) is 0 Å². The molecule has 0 aromatic heterocycles. The molecule has 1 atom stereocenters. The summed E-state index contributed by atoms with van der Waals surface area (Å²) in [6.45, 7) is 21.2. The highest BCUT2D eigenvalue weighted by molar-refractivity contribution is 6.59. The molecule has 0 heterocycles. The Labute approximate surface area is 221 Å². The van der Waals surface area contributed by atoms with Crippen LogP contribution >= 0.6 is 0 Å². The van der Waals surface area contributed by atoms with Crippen LogP contribution in [0.1, 0.15) is 93.8 Å². The third kappa shape index (κ3) is 4.24. The van der Waals surface area contributed by atoms with Crippen LogP contribution in [0.25, 0.3) is 28.3 Å². The summed E-state index contributed by atoms with van der Waals surface area (Å²) in [6.07, 6.45) is 6.21. The Morgan fingerprint density at radius 3 is 1.56 bits per heavy atom. The van der Waals surface area contributed by atoms with E-state index >= 15 is 0 Å². The quantitative estimate of drug-likeness (QED) is 0.320. The van der Waals surface area contributed by atoms with E-state index in [1.807, 2.05) is 0 Å². The summed E-state index contributed by atoms with van der Waals surface area (Å²) in [5, 5.41) is 0. The molecule has 1 heteroatoms. The van der Waals surface area contributed by atoms with E-state index in [9.17, 15) is 0 Å². The Balaban J connectivity index is 1.78. The van der Waals surface area contributed by atoms with E-state index in [4.69, 9.17) is 0 Å². The zero-order valence-corrected chi connectivity index (χ0v) is 24.9. The summed E-state index contributed by atoms with van der Waals surface area (Å²) < 4.78 is 0. The van der Waals surface area contributed by atoms with Crippen molar-refractivity contribution in [2.45, 2.75) is 97.2 Å². The third-order valence-electron chi connectivity index (χ3n) is 8.42. The molecule has 0 nitrogen and oxygen atoms in total. The molecule has 2 aliphatic carbocycles. The van der Waals surface area contributed by atoms with Crippen molar-refractivity contribution in [1.29, 1.82) is 0 Å². The van der Waals surface area contributed by atoms with Crippen molar-refractivity contribution in [3.8, 4) is 22.3 Å². The lowest BCUT2D eigenvalue weighted by atomic mass is 9.81. The fraction of sp³-hybridized carbons (Fsp3) is 0.429. The molecule has 1 unspecified atom stereocenters. The number of hydrogen-bond acceptors (Lipinski definition) is 0. The largest absolute Gasteiger partial charge is 0.0705 e. The molecule has 0 fully saturated rings. The van der Waals surface area contributed by atoms with Gasteiger partial charge in [0.15, 0.2) is 0 Å². The molecule has 0 N–H and O–H groups in total. The number of rotatable bonds is 3. The van der Waals surface area contributed by atoms with Gasteiger partial charge in [-0.2, -0.15) is 0 Å². The van der Waals surface area contributed by atoms with Crippen LogP contribution in [0, 0.1) is 0 Å². The first kappa shape index (κ1) is 25.3. The Kier molecular flexibility index (Phi) is 6.23. The first-order valence-corrected chi connectivity index (χ1v) is 16.4. The number of benzene rings is 3. The van der Waals surface area contributed by atoms with Gasteiger partial charge in [0.1, 0.15) is 0 Å². The Morgan fingerprint density at radius 1 is 0.667 bits per heavy atom. The van der Waals surface area contributed by atoms with Gasteiger partial charge in [0.25, 0.3) is 0 Å². The summed E-state index contributed by atoms with van der Waals surface area (Å²) in [6, 6.07) is 19.1. The second kappa shape index (κ2) is 8.87. The van der Waals surface area contributed by atoms with Crippen LogP contribution in [-0.2, 0) is 23.7 Å². The van der Waals surface area contributed by atoms with Crippen molar-refractivity contribution < 1.29 is 0 Å². The van der Waals surface area contributed by atoms with Crippen molar-refractivity contribution in [2.75, 3.05) is 0 Å². The summed E-state index contributed by atoms with van der Waals surface area (Å²) in [7, 11) is -0.542. The summed E-state index contributed by atoms with van der Waals surface area (Å²) in [5.74, 6) is 0. The maximum Gasteiger partial charge on any atom is 0.0552 e. The van der Waals surface area contributed by atoms with Gasteiger partial charge in [-0.25, -0.2) is 0 Å². The normalized spacial score (nSPS) is 17.4. The first-order valence-electron chi connectivity index (χ1n) is 13.8. The molecule has 3 aromatic carbocycles. The van der Waals surface area contributed by atoms with Crippen molar-refractivity contribution >= 4 is 14.9 Å². The molecule has 0 bridgehead atoms. The van der Waals surface area contributed by atoms with Crippen molar-refractivity contribution in [3.05, 3.63) is 87.5 Å². The maximum absolute atomic E-state index is 2.55. The van der Waals surface area contributed by atoms with E-state index < -0.39 is 8.80 Å². The van der Waals surface area contributed by atoms with E-state index in [1.165, 1.54) is 52.6 Å². The van der Waals surface area contributed by atoms with Crippen LogP contribution in [0.2, 0.25) is 13.1 Å². The molecule has 187 valence electrons. The SMILES string of the molecule is CC1=Cc2c(-c3ccc(C(C)(C)C)cc3)c3c(c(-c4ccc(C(C)(C)C)cc4)c2C1[Si](C)C)CCC3. The van der Waals surface area contributed by atoms with E-state index in [0.29, 0.717) is 5.54 Å². The number of allylic oxidation sites excluding steroid dienone is 1. The Morgan fingerprint density at radius 2 is 1.11 bits per heavy atom. The minimum absolute atomic E-state index is 0.175. The highest BCUT2D eigenvalue weighted by Crippen LogP contribution is 2.52. The third-order valence-corrected chi connectivity index (χ3v) is 10.3. The van der Waals surface area contributed by atoms with Crippen molar-refractivity contribution in [1.82, 2.24) is 0 Å². The van der Waals surface area contributed by atoms with Crippen LogP contribution in [0.5, 0.6) is 0 Å². The van der Waals surface area contributed by atoms with Gasteiger partial charge in [-0.1, -0.05) is 115 Å². The lowest BCUT2D eigenvalue weighted by molar-refractivity contribution is 0.590. The molecule has 0 aliphatic heterocycles. The average molecular weight is 492 g/mol. The van der Waals surface area contributed by atoms with Gasteiger partial charge in [0.05, 0.1) is 8.80 Å². The smallest absolute Gasteiger partial charge is 0.0552 e. The molecule has 0 saturated heterocycles. The second-order valence-corrected chi connectivity index (χ2v) is 16.2. The topological polar surface area (TPSA) is 0 Å². The molecule has 3 aromatic rings. The molecule has 2 aliphatic rings. The van der Waals surface area contributed by atoms with E-state index in [2.05, 4.69) is 116 Å². The van der Waals surface area contributed by atoms with Crippen LogP contribution in [0.4, 0.5) is 0 Å². The number of fused-ring (bicyclic) bond motifs is 2. The fourth-order valence-electron chi connectivity index (χ4n) is 6.56. The predicted octanol–water partition coefficient (Wildman–Crippen LogP) is 9.90. The average Bonchev–Trinajstić information content (AvgIpc) is 3.40. The summed E-state index contributed by atoms with van der Waals surface area (Å²) in [5.41, 5.74) is 17.6. The molecule has 1 radical (unpaired) electrons. The monoisotopic (exact) mass is 491 g/mol. The van der Waals surface area contributed by atoms with Gasteiger partial charge in [0.2, 0.25) is 0 Å². The minimum atomic E-state index is -0.542. The van der Waals surface area contributed by atoms with Crippen LogP contribution in [0.15, 0.2) is 54.1 Å². The van der Waals surface area contributed by atoms with E-state index in [0.717, 1.165) is 0 Å². The number of hydrogen-bond donors (Lipinski definition) is 0. The van der Waals surface area contributed by atoms with Crippen molar-refractivity contribution in [3.63, 3.8) is 0 Å². The van der Waals surface area contributed by atoms with E-state index in [-0.39, 0.29) is 10.8 Å². The molecule has 0 saturated carbocycles. The van der Waals surface area contributed by atoms with Gasteiger partial charge in [-0.05, 0) is 98.2 Å².